The Morgan fingerprint density at radius 2 is 1.80 bits per heavy atom. The number of aliphatic hydroxyl groups is 1. The number of hydrogen-bond donors (Lipinski definition) is 1. The fourth-order valence-electron chi connectivity index (χ4n) is 5.35. The van der Waals surface area contributed by atoms with Crippen molar-refractivity contribution in [2.45, 2.75) is 50.3 Å². The second-order valence-corrected chi connectivity index (χ2v) is 12.9. The molecule has 1 fully saturated rings. The summed E-state index contributed by atoms with van der Waals surface area (Å²) < 4.78 is 14.2. The van der Waals surface area contributed by atoms with E-state index in [0.29, 0.717) is 57.4 Å². The van der Waals surface area contributed by atoms with Gasteiger partial charge in [0.1, 0.15) is 11.3 Å². The highest BCUT2D eigenvalue weighted by molar-refractivity contribution is 8.00. The third-order valence-electron chi connectivity index (χ3n) is 7.50. The van der Waals surface area contributed by atoms with Gasteiger partial charge < -0.3 is 14.6 Å². The molecule has 236 valence electrons. The number of imidazole rings is 1. The number of carbonyl (C=O) groups is 2. The van der Waals surface area contributed by atoms with E-state index in [0.717, 1.165) is 12.0 Å². The van der Waals surface area contributed by atoms with E-state index in [-0.39, 0.29) is 16.5 Å². The van der Waals surface area contributed by atoms with Gasteiger partial charge in [-0.2, -0.15) is 0 Å². The summed E-state index contributed by atoms with van der Waals surface area (Å²) in [6.45, 7) is 8.55. The maximum absolute atomic E-state index is 13.9. The smallest absolute Gasteiger partial charge is 0.301 e. The minimum atomic E-state index is -1.02. The van der Waals surface area contributed by atoms with Gasteiger partial charge in [0.05, 0.1) is 30.5 Å². The van der Waals surface area contributed by atoms with E-state index in [1.165, 1.54) is 33.6 Å². The topological polar surface area (TPSA) is 119 Å². The molecule has 10 nitrogen and oxygen atoms in total. The molecule has 3 aromatic heterocycles. The first-order valence-corrected chi connectivity index (χ1v) is 16.8. The van der Waals surface area contributed by atoms with Crippen LogP contribution in [0.25, 0.3) is 11.4 Å². The summed E-state index contributed by atoms with van der Waals surface area (Å²) in [5.41, 5.74) is 4.22. The highest BCUT2D eigenvalue weighted by atomic mass is 32.2. The molecular formula is C34H33N5O5S2. The number of benzene rings is 2. The van der Waals surface area contributed by atoms with Crippen LogP contribution in [0.4, 0.5) is 5.13 Å². The van der Waals surface area contributed by atoms with Gasteiger partial charge in [0, 0.05) is 11.9 Å². The Hall–Kier alpha value is -4.68. The zero-order valence-electron chi connectivity index (χ0n) is 25.9. The number of aliphatic hydroxyl groups excluding tert-OH is 1. The number of fused-ring (bicyclic) bond motifs is 1. The van der Waals surface area contributed by atoms with Crippen molar-refractivity contribution in [2.24, 2.45) is 0 Å². The van der Waals surface area contributed by atoms with E-state index in [2.05, 4.69) is 39.4 Å². The molecule has 5 aromatic rings. The van der Waals surface area contributed by atoms with Gasteiger partial charge in [0.15, 0.2) is 21.6 Å². The Balaban J connectivity index is 1.46. The first-order valence-electron chi connectivity index (χ1n) is 15.0. The molecule has 0 spiro atoms. The summed E-state index contributed by atoms with van der Waals surface area (Å²) in [6.07, 6.45) is 2.57. The van der Waals surface area contributed by atoms with E-state index in [4.69, 9.17) is 9.47 Å². The monoisotopic (exact) mass is 655 g/mol. The average molecular weight is 656 g/mol. The molecule has 1 amide bonds. The molecule has 2 aromatic carbocycles. The molecule has 1 atom stereocenters. The standard InChI is InChI=1S/C34H33N5O5S2/c1-5-17-44-24-15-14-23(18-25(24)43-6-2)29-27(30(40)28-21(4)35-26-9-7-8-16-38(26)28)31(41)32(42)39(29)33-36-37-34(46-33)45-19-22-12-10-20(3)11-13-22/h7-16,18,29,40H,5-6,17,19H2,1-4H3. The van der Waals surface area contributed by atoms with Crippen molar-refractivity contribution < 1.29 is 24.2 Å². The van der Waals surface area contributed by atoms with Crippen LogP contribution >= 0.6 is 23.1 Å². The van der Waals surface area contributed by atoms with Gasteiger partial charge in [-0.25, -0.2) is 4.98 Å². The number of amides is 1. The third-order valence-corrected chi connectivity index (χ3v) is 9.63. The Morgan fingerprint density at radius 3 is 2.57 bits per heavy atom. The maximum Gasteiger partial charge on any atom is 0.301 e. The number of aromatic nitrogens is 4. The van der Waals surface area contributed by atoms with Crippen molar-refractivity contribution in [2.75, 3.05) is 18.1 Å². The molecule has 6 rings (SSSR count). The van der Waals surface area contributed by atoms with Gasteiger partial charge in [0.25, 0.3) is 5.78 Å². The van der Waals surface area contributed by atoms with E-state index in [9.17, 15) is 14.7 Å². The Labute approximate surface area is 274 Å². The first kappa shape index (κ1) is 31.3. The van der Waals surface area contributed by atoms with Crippen LogP contribution in [0.15, 0.2) is 76.8 Å². The number of carbonyl (C=O) groups excluding carboxylic acids is 2. The molecule has 0 saturated carbocycles. The van der Waals surface area contributed by atoms with Gasteiger partial charge in [-0.3, -0.25) is 18.9 Å². The largest absolute Gasteiger partial charge is 0.505 e. The summed E-state index contributed by atoms with van der Waals surface area (Å²) in [5, 5.41) is 20.8. The van der Waals surface area contributed by atoms with Crippen molar-refractivity contribution >= 4 is 51.3 Å². The quantitative estimate of drug-likeness (QED) is 0.0532. The third kappa shape index (κ3) is 5.97. The number of aryl methyl sites for hydroxylation is 2. The summed E-state index contributed by atoms with van der Waals surface area (Å²) in [6, 6.07) is 18.0. The molecular weight excluding hydrogens is 623 g/mol. The van der Waals surface area contributed by atoms with E-state index in [1.807, 2.05) is 26.8 Å². The summed E-state index contributed by atoms with van der Waals surface area (Å²) in [7, 11) is 0. The number of ether oxygens (including phenoxy) is 2. The second kappa shape index (κ2) is 13.4. The van der Waals surface area contributed by atoms with Crippen molar-refractivity contribution in [3.05, 3.63) is 101 Å². The predicted molar refractivity (Wildman–Crippen MR) is 179 cm³/mol. The van der Waals surface area contributed by atoms with Crippen molar-refractivity contribution in [1.82, 2.24) is 19.6 Å². The number of rotatable bonds is 11. The second-order valence-electron chi connectivity index (χ2n) is 10.8. The van der Waals surface area contributed by atoms with E-state index < -0.39 is 17.7 Å². The highest BCUT2D eigenvalue weighted by Crippen LogP contribution is 2.46. The zero-order valence-corrected chi connectivity index (χ0v) is 27.5. The summed E-state index contributed by atoms with van der Waals surface area (Å²) >= 11 is 2.72. The lowest BCUT2D eigenvalue weighted by molar-refractivity contribution is -0.132. The van der Waals surface area contributed by atoms with Crippen LogP contribution in [0.2, 0.25) is 0 Å². The molecule has 0 radical (unpaired) electrons. The van der Waals surface area contributed by atoms with Crippen molar-refractivity contribution in [3.8, 4) is 11.5 Å². The predicted octanol–water partition coefficient (Wildman–Crippen LogP) is 6.91. The van der Waals surface area contributed by atoms with Crippen LogP contribution in [0.3, 0.4) is 0 Å². The van der Waals surface area contributed by atoms with E-state index >= 15 is 0 Å². The van der Waals surface area contributed by atoms with Crippen LogP contribution in [-0.2, 0) is 15.3 Å². The molecule has 0 aliphatic carbocycles. The average Bonchev–Trinajstić information content (AvgIpc) is 3.73. The minimum absolute atomic E-state index is 0.0764. The molecule has 12 heteroatoms. The molecule has 1 aliphatic heterocycles. The summed E-state index contributed by atoms with van der Waals surface area (Å²) in [4.78, 5) is 33.6. The highest BCUT2D eigenvalue weighted by Gasteiger charge is 2.49. The molecule has 46 heavy (non-hydrogen) atoms. The molecule has 1 saturated heterocycles. The normalized spacial score (nSPS) is 16.0. The van der Waals surface area contributed by atoms with E-state index in [1.54, 1.807) is 47.9 Å². The number of ketones is 1. The fourth-order valence-corrected chi connectivity index (χ4v) is 7.18. The number of pyridine rings is 1. The van der Waals surface area contributed by atoms with Crippen molar-refractivity contribution in [3.63, 3.8) is 0 Å². The molecule has 0 bridgehead atoms. The van der Waals surface area contributed by atoms with Gasteiger partial charge in [0.2, 0.25) is 5.13 Å². The Kier molecular flexibility index (Phi) is 9.09. The molecule has 1 aliphatic rings. The number of anilines is 1. The molecule has 1 unspecified atom stereocenters. The number of nitrogens with zero attached hydrogens (tertiary/aromatic N) is 5. The first-order chi connectivity index (χ1) is 22.3. The van der Waals surface area contributed by atoms with Crippen LogP contribution in [0.1, 0.15) is 54.4 Å². The van der Waals surface area contributed by atoms with Gasteiger partial charge in [-0.1, -0.05) is 72.0 Å². The number of Topliss-reactive ketones (excluding diaryl/α,β-unsaturated/α-hetero) is 1. The molecule has 1 N–H and O–H groups in total. The van der Waals surface area contributed by atoms with Crippen LogP contribution in [0.5, 0.6) is 11.5 Å². The Morgan fingerprint density at radius 1 is 1.00 bits per heavy atom. The zero-order chi connectivity index (χ0) is 32.4. The number of thioether (sulfide) groups is 1. The number of hydrogen-bond acceptors (Lipinski definition) is 10. The van der Waals surface area contributed by atoms with Gasteiger partial charge in [-0.15, -0.1) is 10.2 Å². The van der Waals surface area contributed by atoms with Crippen LogP contribution < -0.4 is 14.4 Å². The van der Waals surface area contributed by atoms with Crippen molar-refractivity contribution in [1.29, 1.82) is 0 Å². The lowest BCUT2D eigenvalue weighted by Gasteiger charge is -2.23. The minimum Gasteiger partial charge on any atom is -0.505 e. The van der Waals surface area contributed by atoms with Gasteiger partial charge in [-0.05, 0) is 62.6 Å². The maximum atomic E-state index is 13.9. The Bertz CT molecular complexity index is 1950. The fraction of sp³-hybridized carbons (Fsp3) is 0.265. The van der Waals surface area contributed by atoms with Gasteiger partial charge >= 0.3 is 5.91 Å². The lowest BCUT2D eigenvalue weighted by atomic mass is 9.96. The summed E-state index contributed by atoms with van der Waals surface area (Å²) in [5.74, 6) is -0.286. The van der Waals surface area contributed by atoms with Crippen LogP contribution in [-0.4, -0.2) is 49.6 Å². The SMILES string of the molecule is CCCOc1ccc(C2C(=C(O)c3c(C)nc4ccccn34)C(=O)C(=O)N2c2nnc(SCc3ccc(C)cc3)s2)cc1OCC. The lowest BCUT2D eigenvalue weighted by Crippen LogP contribution is -2.29. The molecule has 4 heterocycles. The van der Waals surface area contributed by atoms with Crippen LogP contribution in [0, 0.1) is 13.8 Å².